The Hall–Kier alpha value is -1.79. The lowest BCUT2D eigenvalue weighted by atomic mass is 9.91. The number of rotatable bonds is 8. The largest absolute Gasteiger partial charge is 0.497 e. The van der Waals surface area contributed by atoms with E-state index in [4.69, 9.17) is 14.2 Å². The number of carbonyl (C=O) groups excluding carboxylic acids is 1. The molecule has 0 unspecified atom stereocenters. The van der Waals surface area contributed by atoms with Crippen LogP contribution in [0.5, 0.6) is 11.5 Å². The summed E-state index contributed by atoms with van der Waals surface area (Å²) in [7, 11) is 3.26. The van der Waals surface area contributed by atoms with E-state index in [-0.39, 0.29) is 5.91 Å². The van der Waals surface area contributed by atoms with Crippen LogP contribution in [0.3, 0.4) is 0 Å². The molecule has 1 amide bonds. The summed E-state index contributed by atoms with van der Waals surface area (Å²) in [6.45, 7) is 4.59. The predicted molar refractivity (Wildman–Crippen MR) is 109 cm³/mol. The van der Waals surface area contributed by atoms with Crippen molar-refractivity contribution in [3.8, 4) is 11.5 Å². The van der Waals surface area contributed by atoms with Crippen LogP contribution in [-0.2, 0) is 16.1 Å². The van der Waals surface area contributed by atoms with Gasteiger partial charge in [0.05, 0.1) is 14.2 Å². The Morgan fingerprint density at radius 3 is 2.79 bits per heavy atom. The molecule has 3 rings (SSSR count). The molecule has 2 aliphatic rings. The van der Waals surface area contributed by atoms with Crippen molar-refractivity contribution in [2.45, 2.75) is 51.1 Å². The Morgan fingerprint density at radius 1 is 1.21 bits per heavy atom. The van der Waals surface area contributed by atoms with Crippen molar-refractivity contribution in [2.75, 3.05) is 40.5 Å². The van der Waals surface area contributed by atoms with Crippen LogP contribution in [0.2, 0.25) is 0 Å². The van der Waals surface area contributed by atoms with Crippen molar-refractivity contribution >= 4 is 5.91 Å². The number of carbonyl (C=O) groups is 1. The molecule has 2 aliphatic heterocycles. The summed E-state index contributed by atoms with van der Waals surface area (Å²) in [5, 5.41) is 3.04. The highest BCUT2D eigenvalue weighted by Crippen LogP contribution is 2.26. The number of methoxy groups -OCH3 is 2. The fourth-order valence-electron chi connectivity index (χ4n) is 4.33. The molecule has 6 heteroatoms. The van der Waals surface area contributed by atoms with E-state index in [9.17, 15) is 4.79 Å². The molecule has 1 atom stereocenters. The first kappa shape index (κ1) is 20.9. The van der Waals surface area contributed by atoms with Gasteiger partial charge in [-0.05, 0) is 56.7 Å². The van der Waals surface area contributed by atoms with Crippen LogP contribution >= 0.6 is 0 Å². The van der Waals surface area contributed by atoms with E-state index in [2.05, 4.69) is 10.2 Å². The highest BCUT2D eigenvalue weighted by Gasteiger charge is 2.27. The first-order chi connectivity index (χ1) is 13.7. The number of ether oxygens (including phenoxy) is 3. The SMILES string of the molecule is COc1ccc(CNC(=O)CC[C@@H]2CCCN(C3CCOCC3)C2)c(OC)c1. The predicted octanol–water partition coefficient (Wildman–Crippen LogP) is 2.99. The van der Waals surface area contributed by atoms with Crippen molar-refractivity contribution in [1.82, 2.24) is 10.2 Å². The van der Waals surface area contributed by atoms with Crippen LogP contribution in [0.4, 0.5) is 0 Å². The summed E-state index contributed by atoms with van der Waals surface area (Å²) in [5.74, 6) is 2.22. The molecule has 6 nitrogen and oxygen atoms in total. The second-order valence-corrected chi connectivity index (χ2v) is 7.84. The maximum atomic E-state index is 12.4. The number of piperidine rings is 1. The Kier molecular flexibility index (Phi) is 7.98. The summed E-state index contributed by atoms with van der Waals surface area (Å²) in [4.78, 5) is 15.0. The lowest BCUT2D eigenvalue weighted by molar-refractivity contribution is -0.121. The van der Waals surface area contributed by atoms with E-state index in [0.717, 1.165) is 56.1 Å². The molecule has 2 saturated heterocycles. The summed E-state index contributed by atoms with van der Waals surface area (Å²) in [6, 6.07) is 6.34. The fraction of sp³-hybridized carbons (Fsp3) is 0.682. The molecule has 0 spiro atoms. The maximum Gasteiger partial charge on any atom is 0.220 e. The minimum atomic E-state index is 0.112. The van der Waals surface area contributed by atoms with Gasteiger partial charge < -0.3 is 19.5 Å². The summed E-state index contributed by atoms with van der Waals surface area (Å²) in [6.07, 6.45) is 6.33. The molecule has 1 aromatic rings. The molecule has 0 aromatic heterocycles. The molecular formula is C22H34N2O4. The molecule has 0 saturated carbocycles. The molecule has 2 heterocycles. The standard InChI is InChI=1S/C22H34N2O4/c1-26-20-7-6-18(21(14-20)27-2)15-23-22(25)8-5-17-4-3-11-24(16-17)19-9-12-28-13-10-19/h6-7,14,17,19H,3-5,8-13,15-16H2,1-2H3,(H,23,25)/t17-/m0/s1. The zero-order valence-corrected chi connectivity index (χ0v) is 17.2. The molecule has 0 aliphatic carbocycles. The van der Waals surface area contributed by atoms with Crippen LogP contribution in [0.1, 0.15) is 44.1 Å². The zero-order chi connectivity index (χ0) is 19.8. The number of nitrogens with one attached hydrogen (secondary N) is 1. The Morgan fingerprint density at radius 2 is 2.04 bits per heavy atom. The second kappa shape index (κ2) is 10.7. The van der Waals surface area contributed by atoms with Gasteiger partial charge in [-0.2, -0.15) is 0 Å². The third-order valence-electron chi connectivity index (χ3n) is 6.01. The fourth-order valence-corrected chi connectivity index (χ4v) is 4.33. The lowest BCUT2D eigenvalue weighted by Gasteiger charge is -2.40. The smallest absolute Gasteiger partial charge is 0.220 e. The van der Waals surface area contributed by atoms with E-state index < -0.39 is 0 Å². The quantitative estimate of drug-likeness (QED) is 0.739. The highest BCUT2D eigenvalue weighted by molar-refractivity contribution is 5.75. The van der Waals surface area contributed by atoms with Gasteiger partial charge in [-0.25, -0.2) is 0 Å². The summed E-state index contributed by atoms with van der Waals surface area (Å²) >= 11 is 0. The Bertz CT molecular complexity index is 631. The average molecular weight is 391 g/mol. The monoisotopic (exact) mass is 390 g/mol. The van der Waals surface area contributed by atoms with Gasteiger partial charge in [0.2, 0.25) is 5.91 Å². The van der Waals surface area contributed by atoms with E-state index >= 15 is 0 Å². The van der Waals surface area contributed by atoms with Crippen LogP contribution in [0.15, 0.2) is 18.2 Å². The van der Waals surface area contributed by atoms with Gasteiger partial charge >= 0.3 is 0 Å². The third kappa shape index (κ3) is 5.85. The van der Waals surface area contributed by atoms with Crippen LogP contribution < -0.4 is 14.8 Å². The normalized spacial score (nSPS) is 21.3. The number of amides is 1. The minimum Gasteiger partial charge on any atom is -0.497 e. The molecule has 0 radical (unpaired) electrons. The topological polar surface area (TPSA) is 60.0 Å². The first-order valence-electron chi connectivity index (χ1n) is 10.5. The Labute approximate surface area is 168 Å². The Balaban J connectivity index is 1.41. The van der Waals surface area contributed by atoms with E-state index in [1.807, 2.05) is 18.2 Å². The van der Waals surface area contributed by atoms with E-state index in [1.165, 1.54) is 19.4 Å². The van der Waals surface area contributed by atoms with Crippen molar-refractivity contribution < 1.29 is 19.0 Å². The number of hydrogen-bond donors (Lipinski definition) is 1. The maximum absolute atomic E-state index is 12.4. The van der Waals surface area contributed by atoms with Crippen molar-refractivity contribution in [1.29, 1.82) is 0 Å². The van der Waals surface area contributed by atoms with Crippen LogP contribution in [0.25, 0.3) is 0 Å². The number of likely N-dealkylation sites (tertiary alicyclic amines) is 1. The van der Waals surface area contributed by atoms with Crippen molar-refractivity contribution in [2.24, 2.45) is 5.92 Å². The molecule has 0 bridgehead atoms. The number of hydrogen-bond acceptors (Lipinski definition) is 5. The van der Waals surface area contributed by atoms with Crippen LogP contribution in [-0.4, -0.2) is 57.4 Å². The van der Waals surface area contributed by atoms with Gasteiger partial charge in [-0.15, -0.1) is 0 Å². The summed E-state index contributed by atoms with van der Waals surface area (Å²) < 4.78 is 16.1. The van der Waals surface area contributed by atoms with Crippen LogP contribution in [0, 0.1) is 5.92 Å². The molecular weight excluding hydrogens is 356 g/mol. The average Bonchev–Trinajstić information content (AvgIpc) is 2.77. The molecule has 1 N–H and O–H groups in total. The van der Waals surface area contributed by atoms with Crippen molar-refractivity contribution in [3.63, 3.8) is 0 Å². The molecule has 1 aromatic carbocycles. The van der Waals surface area contributed by atoms with Gasteiger partial charge in [0.1, 0.15) is 11.5 Å². The van der Waals surface area contributed by atoms with Crippen molar-refractivity contribution in [3.05, 3.63) is 23.8 Å². The van der Waals surface area contributed by atoms with E-state index in [1.54, 1.807) is 14.2 Å². The molecule has 2 fully saturated rings. The van der Waals surface area contributed by atoms with Gasteiger partial charge in [-0.1, -0.05) is 0 Å². The second-order valence-electron chi connectivity index (χ2n) is 7.84. The van der Waals surface area contributed by atoms with Gasteiger partial charge in [0.25, 0.3) is 0 Å². The van der Waals surface area contributed by atoms with E-state index in [0.29, 0.717) is 24.9 Å². The van der Waals surface area contributed by atoms with Gasteiger partial charge in [-0.3, -0.25) is 9.69 Å². The minimum absolute atomic E-state index is 0.112. The van der Waals surface area contributed by atoms with Gasteiger partial charge in [0, 0.05) is 50.4 Å². The van der Waals surface area contributed by atoms with Gasteiger partial charge in [0.15, 0.2) is 0 Å². The highest BCUT2D eigenvalue weighted by atomic mass is 16.5. The first-order valence-corrected chi connectivity index (χ1v) is 10.5. The number of nitrogens with zero attached hydrogens (tertiary/aromatic N) is 1. The third-order valence-corrected chi connectivity index (χ3v) is 6.01. The zero-order valence-electron chi connectivity index (χ0n) is 17.2. The molecule has 28 heavy (non-hydrogen) atoms. The molecule has 156 valence electrons. The summed E-state index contributed by atoms with van der Waals surface area (Å²) in [5.41, 5.74) is 0.958. The number of benzene rings is 1. The lowest BCUT2D eigenvalue weighted by Crippen LogP contribution is -2.45.